The Kier molecular flexibility index (Phi) is 4.79. The fourth-order valence-electron chi connectivity index (χ4n) is 2.76. The Bertz CT molecular complexity index is 494. The number of carbonyl (C=O) groups excluding carboxylic acids is 1. The fourth-order valence-corrected chi connectivity index (χ4v) is 3.03. The second-order valence-corrected chi connectivity index (χ2v) is 7.76. The lowest BCUT2D eigenvalue weighted by molar-refractivity contribution is -0.163. The van der Waals surface area contributed by atoms with E-state index in [9.17, 15) is 9.90 Å². The van der Waals surface area contributed by atoms with Crippen molar-refractivity contribution < 1.29 is 14.6 Å². The van der Waals surface area contributed by atoms with Crippen LogP contribution in [0.5, 0.6) is 0 Å². The molecule has 1 aliphatic carbocycles. The van der Waals surface area contributed by atoms with Gasteiger partial charge in [-0.25, -0.2) is 0 Å². The average Bonchev–Trinajstić information content (AvgIpc) is 2.38. The predicted octanol–water partition coefficient (Wildman–Crippen LogP) is 4.17. The standard InChI is InChI=1S/C17H23BrO3/c1-16(2,3)21-15(19)12-8-10-17(20,11-9-12)13-4-6-14(18)7-5-13/h4-7,12,20H,8-11H2,1-3H3/t12-,17+. The van der Waals surface area contributed by atoms with E-state index in [-0.39, 0.29) is 11.9 Å². The zero-order valence-electron chi connectivity index (χ0n) is 12.9. The van der Waals surface area contributed by atoms with Crippen molar-refractivity contribution in [3.05, 3.63) is 34.3 Å². The number of benzene rings is 1. The van der Waals surface area contributed by atoms with E-state index in [4.69, 9.17) is 4.74 Å². The largest absolute Gasteiger partial charge is 0.460 e. The van der Waals surface area contributed by atoms with Gasteiger partial charge in [0.05, 0.1) is 11.5 Å². The maximum atomic E-state index is 12.1. The van der Waals surface area contributed by atoms with Gasteiger partial charge in [-0.1, -0.05) is 28.1 Å². The van der Waals surface area contributed by atoms with Crippen molar-refractivity contribution in [2.75, 3.05) is 0 Å². The van der Waals surface area contributed by atoms with Crippen molar-refractivity contribution in [2.24, 2.45) is 5.92 Å². The number of ether oxygens (including phenoxy) is 1. The summed E-state index contributed by atoms with van der Waals surface area (Å²) in [4.78, 5) is 12.1. The van der Waals surface area contributed by atoms with Crippen LogP contribution in [0.2, 0.25) is 0 Å². The molecule has 1 saturated carbocycles. The maximum Gasteiger partial charge on any atom is 0.309 e. The Hall–Kier alpha value is -0.870. The topological polar surface area (TPSA) is 46.5 Å². The first-order valence-electron chi connectivity index (χ1n) is 7.41. The van der Waals surface area contributed by atoms with Crippen LogP contribution in [0, 0.1) is 5.92 Å². The Morgan fingerprint density at radius 3 is 2.24 bits per heavy atom. The van der Waals surface area contributed by atoms with Crippen molar-refractivity contribution in [3.8, 4) is 0 Å². The van der Waals surface area contributed by atoms with Crippen LogP contribution < -0.4 is 0 Å². The van der Waals surface area contributed by atoms with Gasteiger partial charge in [-0.3, -0.25) is 4.79 Å². The van der Waals surface area contributed by atoms with Gasteiger partial charge in [0, 0.05) is 4.47 Å². The molecule has 0 radical (unpaired) electrons. The van der Waals surface area contributed by atoms with Gasteiger partial charge in [-0.15, -0.1) is 0 Å². The van der Waals surface area contributed by atoms with Gasteiger partial charge in [0.25, 0.3) is 0 Å². The summed E-state index contributed by atoms with van der Waals surface area (Å²) in [6.45, 7) is 5.64. The van der Waals surface area contributed by atoms with Crippen LogP contribution >= 0.6 is 15.9 Å². The van der Waals surface area contributed by atoms with Gasteiger partial charge in [0.1, 0.15) is 5.60 Å². The lowest BCUT2D eigenvalue weighted by Gasteiger charge is -2.36. The summed E-state index contributed by atoms with van der Waals surface area (Å²) < 4.78 is 6.44. The second kappa shape index (κ2) is 6.09. The number of hydrogen-bond donors (Lipinski definition) is 1. The van der Waals surface area contributed by atoms with Gasteiger partial charge < -0.3 is 9.84 Å². The van der Waals surface area contributed by atoms with E-state index in [1.54, 1.807) is 0 Å². The van der Waals surface area contributed by atoms with Crippen molar-refractivity contribution >= 4 is 21.9 Å². The summed E-state index contributed by atoms with van der Waals surface area (Å²) in [5, 5.41) is 10.8. The fraction of sp³-hybridized carbons (Fsp3) is 0.588. The summed E-state index contributed by atoms with van der Waals surface area (Å²) in [7, 11) is 0. The summed E-state index contributed by atoms with van der Waals surface area (Å²) in [6, 6.07) is 7.76. The highest BCUT2D eigenvalue weighted by atomic mass is 79.9. The number of halogens is 1. The van der Waals surface area contributed by atoms with Crippen LogP contribution in [0.15, 0.2) is 28.7 Å². The highest BCUT2D eigenvalue weighted by Gasteiger charge is 2.38. The number of carbonyl (C=O) groups is 1. The van der Waals surface area contributed by atoms with Gasteiger partial charge in [-0.05, 0) is 64.2 Å². The molecule has 0 bridgehead atoms. The summed E-state index contributed by atoms with van der Waals surface area (Å²) in [6.07, 6.45) is 2.53. The van der Waals surface area contributed by atoms with E-state index in [0.29, 0.717) is 25.7 Å². The molecule has 0 amide bonds. The zero-order valence-corrected chi connectivity index (χ0v) is 14.4. The Morgan fingerprint density at radius 1 is 1.24 bits per heavy atom. The van der Waals surface area contributed by atoms with Gasteiger partial charge >= 0.3 is 5.97 Å². The van der Waals surface area contributed by atoms with E-state index in [1.165, 1.54) is 0 Å². The highest BCUT2D eigenvalue weighted by Crippen LogP contribution is 2.40. The molecule has 0 aliphatic heterocycles. The van der Waals surface area contributed by atoms with Crippen LogP contribution in [0.4, 0.5) is 0 Å². The molecule has 21 heavy (non-hydrogen) atoms. The first kappa shape index (κ1) is 16.5. The Labute approximate surface area is 134 Å². The molecule has 1 aliphatic rings. The number of esters is 1. The van der Waals surface area contributed by atoms with E-state index in [0.717, 1.165) is 10.0 Å². The third-order valence-electron chi connectivity index (χ3n) is 3.93. The maximum absolute atomic E-state index is 12.1. The number of hydrogen-bond acceptors (Lipinski definition) is 3. The molecule has 4 heteroatoms. The summed E-state index contributed by atoms with van der Waals surface area (Å²) in [5.41, 5.74) is -0.344. The highest BCUT2D eigenvalue weighted by molar-refractivity contribution is 9.10. The zero-order chi connectivity index (χ0) is 15.7. The van der Waals surface area contributed by atoms with Crippen molar-refractivity contribution in [3.63, 3.8) is 0 Å². The lowest BCUT2D eigenvalue weighted by Crippen LogP contribution is -2.36. The average molecular weight is 355 g/mol. The van der Waals surface area contributed by atoms with Crippen LogP contribution in [0.1, 0.15) is 52.0 Å². The van der Waals surface area contributed by atoms with Gasteiger partial charge in [-0.2, -0.15) is 0 Å². The molecule has 1 fully saturated rings. The molecule has 1 aromatic carbocycles. The first-order valence-corrected chi connectivity index (χ1v) is 8.20. The molecule has 0 unspecified atom stereocenters. The van der Waals surface area contributed by atoms with E-state index in [1.807, 2.05) is 45.0 Å². The smallest absolute Gasteiger partial charge is 0.309 e. The minimum atomic E-state index is -0.820. The molecule has 0 spiro atoms. The van der Waals surface area contributed by atoms with Crippen molar-refractivity contribution in [2.45, 2.75) is 57.7 Å². The summed E-state index contributed by atoms with van der Waals surface area (Å²) in [5.74, 6) is -0.236. The van der Waals surface area contributed by atoms with Crippen LogP contribution in [-0.2, 0) is 15.1 Å². The molecule has 3 nitrogen and oxygen atoms in total. The van der Waals surface area contributed by atoms with E-state index < -0.39 is 11.2 Å². The normalized spacial score (nSPS) is 26.4. The first-order chi connectivity index (χ1) is 9.70. The minimum absolute atomic E-state index is 0.0973. The van der Waals surface area contributed by atoms with Gasteiger partial charge in [0.2, 0.25) is 0 Å². The molecule has 0 heterocycles. The molecule has 0 saturated heterocycles. The third-order valence-corrected chi connectivity index (χ3v) is 4.46. The predicted molar refractivity (Wildman–Crippen MR) is 85.8 cm³/mol. The quantitative estimate of drug-likeness (QED) is 0.810. The molecule has 2 rings (SSSR count). The van der Waals surface area contributed by atoms with Crippen LogP contribution in [0.25, 0.3) is 0 Å². The monoisotopic (exact) mass is 354 g/mol. The molecule has 1 N–H and O–H groups in total. The number of rotatable bonds is 2. The van der Waals surface area contributed by atoms with Crippen LogP contribution in [-0.4, -0.2) is 16.7 Å². The minimum Gasteiger partial charge on any atom is -0.460 e. The Morgan fingerprint density at radius 2 is 1.76 bits per heavy atom. The SMILES string of the molecule is CC(C)(C)OC(=O)[C@H]1CC[C@](O)(c2ccc(Br)cc2)CC1. The molecular weight excluding hydrogens is 332 g/mol. The van der Waals surface area contributed by atoms with Gasteiger partial charge in [0.15, 0.2) is 0 Å². The number of aliphatic hydroxyl groups is 1. The molecular formula is C17H23BrO3. The molecule has 0 atom stereocenters. The molecule has 0 aromatic heterocycles. The van der Waals surface area contributed by atoms with Crippen LogP contribution in [0.3, 0.4) is 0 Å². The Balaban J connectivity index is 1.99. The lowest BCUT2D eigenvalue weighted by atomic mass is 9.75. The third kappa shape index (κ3) is 4.30. The summed E-state index contributed by atoms with van der Waals surface area (Å²) >= 11 is 3.40. The van der Waals surface area contributed by atoms with Crippen molar-refractivity contribution in [1.29, 1.82) is 0 Å². The van der Waals surface area contributed by atoms with Crippen molar-refractivity contribution in [1.82, 2.24) is 0 Å². The second-order valence-electron chi connectivity index (χ2n) is 6.85. The molecule has 1 aromatic rings. The molecule has 116 valence electrons. The van der Waals surface area contributed by atoms with E-state index >= 15 is 0 Å². The van der Waals surface area contributed by atoms with E-state index in [2.05, 4.69) is 15.9 Å².